The van der Waals surface area contributed by atoms with Crippen molar-refractivity contribution in [3.05, 3.63) is 89.5 Å². The van der Waals surface area contributed by atoms with Crippen molar-refractivity contribution < 1.29 is 17.9 Å². The molecule has 0 radical (unpaired) electrons. The zero-order valence-corrected chi connectivity index (χ0v) is 18.8. The van der Waals surface area contributed by atoms with Gasteiger partial charge in [0, 0.05) is 18.2 Å². The molecule has 0 bridgehead atoms. The van der Waals surface area contributed by atoms with E-state index in [-0.39, 0.29) is 16.8 Å². The number of aryl methyl sites for hydroxylation is 1. The van der Waals surface area contributed by atoms with Gasteiger partial charge in [-0.2, -0.15) is 0 Å². The summed E-state index contributed by atoms with van der Waals surface area (Å²) in [5, 5.41) is 2.94. The maximum atomic E-state index is 13.0. The first kappa shape index (κ1) is 22.4. The zero-order valence-electron chi connectivity index (χ0n) is 18.0. The second-order valence-electron chi connectivity index (χ2n) is 7.27. The molecule has 3 rings (SSSR count). The Bertz CT molecular complexity index is 1170. The van der Waals surface area contributed by atoms with Crippen LogP contribution < -0.4 is 14.4 Å². The molecule has 0 saturated heterocycles. The molecule has 31 heavy (non-hydrogen) atoms. The maximum absolute atomic E-state index is 13.0. The molecule has 0 fully saturated rings. The van der Waals surface area contributed by atoms with E-state index in [9.17, 15) is 13.2 Å². The highest BCUT2D eigenvalue weighted by molar-refractivity contribution is 7.92. The van der Waals surface area contributed by atoms with Crippen LogP contribution in [-0.2, 0) is 10.0 Å². The molecule has 0 aliphatic rings. The van der Waals surface area contributed by atoms with Crippen LogP contribution in [0, 0.1) is 6.92 Å². The quantitative estimate of drug-likeness (QED) is 0.596. The highest BCUT2D eigenvalue weighted by Gasteiger charge is 2.22. The summed E-state index contributed by atoms with van der Waals surface area (Å²) < 4.78 is 32.5. The van der Waals surface area contributed by atoms with Crippen molar-refractivity contribution in [2.75, 3.05) is 18.5 Å². The molecular formula is C24H26N2O4S. The molecule has 0 spiro atoms. The summed E-state index contributed by atoms with van der Waals surface area (Å²) in [6.07, 6.45) is 0. The fourth-order valence-electron chi connectivity index (χ4n) is 3.23. The molecule has 0 aliphatic heterocycles. The van der Waals surface area contributed by atoms with Crippen LogP contribution in [0.25, 0.3) is 0 Å². The van der Waals surface area contributed by atoms with E-state index in [0.29, 0.717) is 17.0 Å². The molecule has 0 aromatic heterocycles. The minimum Gasteiger partial charge on any atom is -0.496 e. The third kappa shape index (κ3) is 4.88. The molecule has 6 nitrogen and oxygen atoms in total. The van der Waals surface area contributed by atoms with Gasteiger partial charge >= 0.3 is 0 Å². The third-order valence-corrected chi connectivity index (χ3v) is 6.90. The first-order chi connectivity index (χ1) is 14.7. The van der Waals surface area contributed by atoms with Crippen LogP contribution in [-0.4, -0.2) is 28.5 Å². The highest BCUT2D eigenvalue weighted by Crippen LogP contribution is 2.26. The Morgan fingerprint density at radius 2 is 1.68 bits per heavy atom. The summed E-state index contributed by atoms with van der Waals surface area (Å²) in [4.78, 5) is 13.0. The second kappa shape index (κ2) is 9.22. The summed E-state index contributed by atoms with van der Waals surface area (Å²) in [6, 6.07) is 20.4. The highest BCUT2D eigenvalue weighted by atomic mass is 32.2. The topological polar surface area (TPSA) is 75.7 Å². The summed E-state index contributed by atoms with van der Waals surface area (Å²) in [5.41, 5.74) is 2.60. The maximum Gasteiger partial charge on any atom is 0.264 e. The largest absolute Gasteiger partial charge is 0.496 e. The molecule has 0 heterocycles. The molecular weight excluding hydrogens is 412 g/mol. The van der Waals surface area contributed by atoms with Gasteiger partial charge in [0.1, 0.15) is 5.75 Å². The summed E-state index contributed by atoms with van der Waals surface area (Å²) in [5.74, 6) is 0.384. The van der Waals surface area contributed by atoms with Crippen molar-refractivity contribution in [1.29, 1.82) is 0 Å². The first-order valence-corrected chi connectivity index (χ1v) is 11.3. The minimum atomic E-state index is -3.74. The Morgan fingerprint density at radius 1 is 1.00 bits per heavy atom. The molecule has 0 saturated carbocycles. The number of rotatable bonds is 7. The van der Waals surface area contributed by atoms with Crippen molar-refractivity contribution in [1.82, 2.24) is 5.32 Å². The van der Waals surface area contributed by atoms with Gasteiger partial charge in [0.15, 0.2) is 0 Å². The van der Waals surface area contributed by atoms with E-state index in [2.05, 4.69) is 5.32 Å². The van der Waals surface area contributed by atoms with Gasteiger partial charge in [0.25, 0.3) is 15.9 Å². The van der Waals surface area contributed by atoms with E-state index in [0.717, 1.165) is 11.1 Å². The number of ether oxygens (including phenoxy) is 1. The number of carbonyl (C=O) groups is 1. The normalized spacial score (nSPS) is 12.1. The predicted octanol–water partition coefficient (Wildman–Crippen LogP) is 4.32. The number of methoxy groups -OCH3 is 1. The Hall–Kier alpha value is -3.32. The molecule has 3 aromatic carbocycles. The Labute approximate surface area is 183 Å². The van der Waals surface area contributed by atoms with Crippen LogP contribution in [0.1, 0.15) is 34.5 Å². The lowest BCUT2D eigenvalue weighted by molar-refractivity contribution is 0.0939. The van der Waals surface area contributed by atoms with Gasteiger partial charge in [-0.15, -0.1) is 0 Å². The number of para-hydroxylation sites is 1. The summed E-state index contributed by atoms with van der Waals surface area (Å²) in [6.45, 7) is 3.77. The number of carbonyl (C=O) groups excluding carboxylic acids is 1. The lowest BCUT2D eigenvalue weighted by Gasteiger charge is -2.21. The first-order valence-electron chi connectivity index (χ1n) is 9.83. The van der Waals surface area contributed by atoms with E-state index in [1.54, 1.807) is 55.6 Å². The zero-order chi connectivity index (χ0) is 22.6. The van der Waals surface area contributed by atoms with Crippen molar-refractivity contribution >= 4 is 21.6 Å². The number of benzene rings is 3. The smallest absolute Gasteiger partial charge is 0.264 e. The standard InChI is InChI=1S/C24H26N2O4S/c1-17-12-14-21(15-13-17)31(28,29)26(3)20-9-7-8-19(16-20)24(27)25-18(2)22-10-5-6-11-23(22)30-4/h5-16,18H,1-4H3,(H,25,27)/t18-/m1/s1. The summed E-state index contributed by atoms with van der Waals surface area (Å²) in [7, 11) is -0.681. The molecule has 7 heteroatoms. The van der Waals surface area contributed by atoms with Gasteiger partial charge in [-0.1, -0.05) is 42.0 Å². The number of hydrogen-bond acceptors (Lipinski definition) is 4. The van der Waals surface area contributed by atoms with Gasteiger partial charge in [0.2, 0.25) is 0 Å². The van der Waals surface area contributed by atoms with Crippen LogP contribution >= 0.6 is 0 Å². The number of sulfonamides is 1. The average Bonchev–Trinajstić information content (AvgIpc) is 2.78. The van der Waals surface area contributed by atoms with E-state index in [4.69, 9.17) is 4.74 Å². The SMILES string of the molecule is COc1ccccc1[C@@H](C)NC(=O)c1cccc(N(C)S(=O)(=O)c2ccc(C)cc2)c1. The lowest BCUT2D eigenvalue weighted by atomic mass is 10.1. The van der Waals surface area contributed by atoms with Crippen molar-refractivity contribution in [3.63, 3.8) is 0 Å². The van der Waals surface area contributed by atoms with E-state index in [1.807, 2.05) is 38.1 Å². The summed E-state index contributed by atoms with van der Waals surface area (Å²) >= 11 is 0. The van der Waals surface area contributed by atoms with E-state index < -0.39 is 10.0 Å². The van der Waals surface area contributed by atoms with E-state index in [1.165, 1.54) is 11.4 Å². The van der Waals surface area contributed by atoms with Crippen LogP contribution in [0.15, 0.2) is 77.7 Å². The van der Waals surface area contributed by atoms with Crippen LogP contribution in [0.3, 0.4) is 0 Å². The number of nitrogens with zero attached hydrogens (tertiary/aromatic N) is 1. The Kier molecular flexibility index (Phi) is 6.65. The molecule has 1 N–H and O–H groups in total. The van der Waals surface area contributed by atoms with Crippen LogP contribution in [0.2, 0.25) is 0 Å². The third-order valence-electron chi connectivity index (χ3n) is 5.10. The molecule has 1 atom stereocenters. The number of hydrogen-bond donors (Lipinski definition) is 1. The average molecular weight is 439 g/mol. The second-order valence-corrected chi connectivity index (χ2v) is 9.24. The monoisotopic (exact) mass is 438 g/mol. The van der Waals surface area contributed by atoms with Gasteiger partial charge in [-0.3, -0.25) is 9.10 Å². The molecule has 0 aliphatic carbocycles. The molecule has 1 amide bonds. The van der Waals surface area contributed by atoms with Gasteiger partial charge in [0.05, 0.1) is 23.7 Å². The fourth-order valence-corrected chi connectivity index (χ4v) is 4.42. The van der Waals surface area contributed by atoms with Crippen molar-refractivity contribution in [3.8, 4) is 5.75 Å². The Morgan fingerprint density at radius 3 is 2.35 bits per heavy atom. The number of nitrogens with one attached hydrogen (secondary N) is 1. The molecule has 0 unspecified atom stereocenters. The number of anilines is 1. The van der Waals surface area contributed by atoms with Crippen molar-refractivity contribution in [2.45, 2.75) is 24.8 Å². The van der Waals surface area contributed by atoms with Crippen LogP contribution in [0.4, 0.5) is 5.69 Å². The predicted molar refractivity (Wildman–Crippen MR) is 122 cm³/mol. The van der Waals surface area contributed by atoms with Gasteiger partial charge in [-0.05, 0) is 50.2 Å². The van der Waals surface area contributed by atoms with Crippen molar-refractivity contribution in [2.24, 2.45) is 0 Å². The van der Waals surface area contributed by atoms with Crippen LogP contribution in [0.5, 0.6) is 5.75 Å². The molecule has 3 aromatic rings. The van der Waals surface area contributed by atoms with E-state index >= 15 is 0 Å². The Balaban J connectivity index is 1.82. The van der Waals surface area contributed by atoms with Gasteiger partial charge in [-0.25, -0.2) is 8.42 Å². The minimum absolute atomic E-state index is 0.195. The lowest BCUT2D eigenvalue weighted by Crippen LogP contribution is -2.28. The molecule has 162 valence electrons. The number of amides is 1. The van der Waals surface area contributed by atoms with Gasteiger partial charge < -0.3 is 10.1 Å². The fraction of sp³-hybridized carbons (Fsp3) is 0.208.